The molecule has 2 aromatic rings. The number of hydrogen-bond acceptors (Lipinski definition) is 1. The van der Waals surface area contributed by atoms with Gasteiger partial charge < -0.3 is 4.43 Å². The molecule has 0 saturated carbocycles. The molecule has 0 fully saturated rings. The smallest absolute Gasteiger partial charge is 0.258 e. The molecule has 2 heteroatoms. The maximum atomic E-state index is 6.61. The molecule has 2 rings (SSSR count). The van der Waals surface area contributed by atoms with Crippen LogP contribution in [0.25, 0.3) is 0 Å². The van der Waals surface area contributed by atoms with Crippen LogP contribution < -0.4 is 10.4 Å². The van der Waals surface area contributed by atoms with Crippen LogP contribution in [0.15, 0.2) is 60.7 Å². The van der Waals surface area contributed by atoms with Crippen LogP contribution in [0, 0.1) is 0 Å². The van der Waals surface area contributed by atoms with Gasteiger partial charge in [-0.05, 0) is 29.8 Å². The molecule has 0 atom stereocenters. The van der Waals surface area contributed by atoms with Gasteiger partial charge in [-0.25, -0.2) is 0 Å². The minimum Gasteiger partial charge on any atom is -0.405 e. The normalized spacial score (nSPS) is 12.1. The predicted octanol–water partition coefficient (Wildman–Crippen LogP) is 3.58. The molecule has 0 spiro atoms. The van der Waals surface area contributed by atoms with E-state index in [2.05, 4.69) is 88.4 Å². The van der Waals surface area contributed by atoms with Gasteiger partial charge in [0.15, 0.2) is 0 Å². The molecule has 0 N–H and O–H groups in total. The molecule has 0 saturated heterocycles. The monoisotopic (exact) mass is 284 g/mol. The Bertz CT molecular complexity index is 480. The van der Waals surface area contributed by atoms with E-state index >= 15 is 0 Å². The summed E-state index contributed by atoms with van der Waals surface area (Å²) in [5, 5.41) is 2.71. The summed E-state index contributed by atoms with van der Waals surface area (Å²) in [6.07, 6.45) is 0.226. The lowest BCUT2D eigenvalue weighted by Crippen LogP contribution is -2.63. The molecule has 0 aliphatic rings. The Hall–Kier alpha value is -1.38. The second-order valence-corrected chi connectivity index (χ2v) is 9.81. The van der Waals surface area contributed by atoms with E-state index in [1.165, 1.54) is 10.4 Å². The maximum absolute atomic E-state index is 6.61. The number of benzene rings is 2. The van der Waals surface area contributed by atoms with Crippen molar-refractivity contribution in [3.05, 3.63) is 60.7 Å². The van der Waals surface area contributed by atoms with Crippen molar-refractivity contribution >= 4 is 18.7 Å². The number of hydrogen-bond donors (Lipinski definition) is 0. The van der Waals surface area contributed by atoms with E-state index in [1.807, 2.05) is 0 Å². The van der Waals surface area contributed by atoms with Gasteiger partial charge in [0.2, 0.25) is 0 Å². The Labute approximate surface area is 123 Å². The summed E-state index contributed by atoms with van der Waals surface area (Å²) in [6.45, 7) is 8.84. The van der Waals surface area contributed by atoms with E-state index in [9.17, 15) is 0 Å². The van der Waals surface area contributed by atoms with Crippen molar-refractivity contribution in [3.8, 4) is 0 Å². The van der Waals surface area contributed by atoms with Gasteiger partial charge in [0.05, 0.1) is 0 Å². The first-order valence-electron chi connectivity index (χ1n) is 7.36. The molecule has 1 nitrogen and oxygen atoms in total. The Morgan fingerprint density at radius 2 is 1.10 bits per heavy atom. The van der Waals surface area contributed by atoms with E-state index in [1.54, 1.807) is 0 Å². The zero-order valence-corrected chi connectivity index (χ0v) is 13.8. The molecule has 0 aliphatic heterocycles. The minimum absolute atomic E-state index is 0.226. The Morgan fingerprint density at radius 3 is 1.40 bits per heavy atom. The van der Waals surface area contributed by atoms with E-state index in [-0.39, 0.29) is 6.10 Å². The van der Waals surface area contributed by atoms with Crippen molar-refractivity contribution in [2.75, 3.05) is 0 Å². The van der Waals surface area contributed by atoms with Gasteiger partial charge in [0, 0.05) is 6.10 Å². The van der Waals surface area contributed by atoms with Crippen molar-refractivity contribution in [1.82, 2.24) is 0 Å². The predicted molar refractivity (Wildman–Crippen MR) is 89.2 cm³/mol. The van der Waals surface area contributed by atoms with E-state index in [0.717, 1.165) is 0 Å². The summed E-state index contributed by atoms with van der Waals surface area (Å²) in [6, 6.07) is 21.5. The van der Waals surface area contributed by atoms with Crippen LogP contribution in [0.2, 0.25) is 5.54 Å². The van der Waals surface area contributed by atoms with Gasteiger partial charge in [-0.15, -0.1) is 0 Å². The van der Waals surface area contributed by atoms with Crippen molar-refractivity contribution in [3.63, 3.8) is 0 Å². The molecule has 2 aromatic carbocycles. The third-order valence-corrected chi connectivity index (χ3v) is 8.49. The Balaban J connectivity index is 2.63. The maximum Gasteiger partial charge on any atom is 0.258 e. The second-order valence-electron chi connectivity index (χ2n) is 5.79. The second kappa shape index (κ2) is 6.38. The van der Waals surface area contributed by atoms with E-state index in [0.29, 0.717) is 5.54 Å². The first-order valence-corrected chi connectivity index (χ1v) is 9.34. The first-order chi connectivity index (χ1) is 9.57. The fraction of sp³-hybridized carbons (Fsp3) is 0.333. The summed E-state index contributed by atoms with van der Waals surface area (Å²) in [4.78, 5) is 0. The first kappa shape index (κ1) is 15.0. The van der Waals surface area contributed by atoms with Gasteiger partial charge >= 0.3 is 0 Å². The van der Waals surface area contributed by atoms with Crippen LogP contribution in [0.5, 0.6) is 0 Å². The zero-order valence-electron chi connectivity index (χ0n) is 12.8. The topological polar surface area (TPSA) is 9.23 Å². The van der Waals surface area contributed by atoms with Crippen molar-refractivity contribution < 1.29 is 4.43 Å². The summed E-state index contributed by atoms with van der Waals surface area (Å²) >= 11 is 0. The highest BCUT2D eigenvalue weighted by molar-refractivity contribution is 6.98. The molecule has 0 aliphatic carbocycles. The van der Waals surface area contributed by atoms with Crippen LogP contribution in [-0.2, 0) is 4.43 Å². The minimum atomic E-state index is -2.19. The summed E-state index contributed by atoms with van der Waals surface area (Å²) < 4.78 is 6.61. The van der Waals surface area contributed by atoms with Gasteiger partial charge in [0.25, 0.3) is 8.32 Å². The molecule has 0 unspecified atom stereocenters. The van der Waals surface area contributed by atoms with Crippen molar-refractivity contribution in [1.29, 1.82) is 0 Å². The molecule has 0 aromatic heterocycles. The van der Waals surface area contributed by atoms with Gasteiger partial charge in [-0.3, -0.25) is 0 Å². The zero-order chi connectivity index (χ0) is 14.6. The molecular weight excluding hydrogens is 260 g/mol. The van der Waals surface area contributed by atoms with Gasteiger partial charge in [0.1, 0.15) is 0 Å². The molecule has 20 heavy (non-hydrogen) atoms. The Morgan fingerprint density at radius 1 is 0.700 bits per heavy atom. The average molecular weight is 284 g/mol. The standard InChI is InChI=1S/C18H24OSi/c1-15(2)19-20(16(3)4,17-11-7-5-8-12-17)18-13-9-6-10-14-18/h5-16H,1-4H3. The molecule has 0 bridgehead atoms. The summed E-state index contributed by atoms with van der Waals surface area (Å²) in [7, 11) is -2.19. The fourth-order valence-corrected chi connectivity index (χ4v) is 7.18. The molecular formula is C18H24OSi. The third-order valence-electron chi connectivity index (χ3n) is 3.64. The molecule has 0 heterocycles. The van der Waals surface area contributed by atoms with Crippen LogP contribution >= 0.6 is 0 Å². The van der Waals surface area contributed by atoms with E-state index < -0.39 is 8.32 Å². The molecule has 0 radical (unpaired) electrons. The highest BCUT2D eigenvalue weighted by Crippen LogP contribution is 2.24. The van der Waals surface area contributed by atoms with Crippen LogP contribution in [0.3, 0.4) is 0 Å². The molecule has 0 amide bonds. The third kappa shape index (κ3) is 2.86. The SMILES string of the molecule is CC(C)O[Si](c1ccccc1)(c1ccccc1)C(C)C. The average Bonchev–Trinajstić information content (AvgIpc) is 2.46. The van der Waals surface area contributed by atoms with Crippen molar-refractivity contribution in [2.24, 2.45) is 0 Å². The van der Waals surface area contributed by atoms with Gasteiger partial charge in [-0.1, -0.05) is 74.5 Å². The lowest BCUT2D eigenvalue weighted by molar-refractivity contribution is 0.234. The number of rotatable bonds is 5. The fourth-order valence-electron chi connectivity index (χ4n) is 2.85. The highest BCUT2D eigenvalue weighted by Gasteiger charge is 2.43. The lowest BCUT2D eigenvalue weighted by Gasteiger charge is -2.37. The quantitative estimate of drug-likeness (QED) is 0.763. The van der Waals surface area contributed by atoms with Crippen molar-refractivity contribution in [2.45, 2.75) is 39.3 Å². The van der Waals surface area contributed by atoms with E-state index in [4.69, 9.17) is 4.43 Å². The lowest BCUT2D eigenvalue weighted by atomic mass is 10.4. The van der Waals surface area contributed by atoms with Gasteiger partial charge in [-0.2, -0.15) is 0 Å². The molecule has 106 valence electrons. The van der Waals surface area contributed by atoms with Crippen LogP contribution in [0.4, 0.5) is 0 Å². The Kier molecular flexibility index (Phi) is 4.79. The summed E-state index contributed by atoms with van der Waals surface area (Å²) in [5.74, 6) is 0. The largest absolute Gasteiger partial charge is 0.405 e. The summed E-state index contributed by atoms with van der Waals surface area (Å²) in [5.41, 5.74) is 0.481. The van der Waals surface area contributed by atoms with Crippen LogP contribution in [0.1, 0.15) is 27.7 Å². The highest BCUT2D eigenvalue weighted by atomic mass is 28.4. The van der Waals surface area contributed by atoms with Crippen LogP contribution in [-0.4, -0.2) is 14.4 Å².